The second-order valence-corrected chi connectivity index (χ2v) is 5.37. The van der Waals surface area contributed by atoms with Gasteiger partial charge >= 0.3 is 6.03 Å². The van der Waals surface area contributed by atoms with E-state index < -0.39 is 6.03 Å². The number of unbranched alkanes of at least 4 members (excludes halogenated alkanes) is 1. The number of imide groups is 1. The van der Waals surface area contributed by atoms with E-state index in [1.54, 1.807) is 0 Å². The highest BCUT2D eigenvalue weighted by Crippen LogP contribution is 2.13. The van der Waals surface area contributed by atoms with Crippen LogP contribution in [0.5, 0.6) is 0 Å². The first-order valence-corrected chi connectivity index (χ1v) is 7.57. The van der Waals surface area contributed by atoms with Crippen molar-refractivity contribution in [2.45, 2.75) is 32.7 Å². The lowest BCUT2D eigenvalue weighted by Crippen LogP contribution is -2.87. The Bertz CT molecular complexity index is 462. The molecule has 0 spiro atoms. The molecule has 1 aromatic carbocycles. The van der Waals surface area contributed by atoms with E-state index in [-0.39, 0.29) is 18.5 Å². The highest BCUT2D eigenvalue weighted by Gasteiger charge is 2.13. The SMILES string of the molecule is CCCCNC(=O)NC(=O)C[NH2+][C@@H](C)c1ccc(Cl)cc1. The molecule has 5 nitrogen and oxygen atoms in total. The van der Waals surface area contributed by atoms with E-state index in [9.17, 15) is 9.59 Å². The summed E-state index contributed by atoms with van der Waals surface area (Å²) in [4.78, 5) is 23.1. The molecule has 116 valence electrons. The molecule has 0 fully saturated rings. The van der Waals surface area contributed by atoms with Crippen molar-refractivity contribution >= 4 is 23.5 Å². The predicted octanol–water partition coefficient (Wildman–Crippen LogP) is 1.59. The number of rotatable bonds is 7. The minimum atomic E-state index is -0.430. The maximum atomic E-state index is 11.7. The van der Waals surface area contributed by atoms with Gasteiger partial charge < -0.3 is 10.6 Å². The molecule has 1 atom stereocenters. The van der Waals surface area contributed by atoms with Gasteiger partial charge in [0.1, 0.15) is 6.04 Å². The fourth-order valence-electron chi connectivity index (χ4n) is 1.79. The van der Waals surface area contributed by atoms with Gasteiger partial charge in [-0.05, 0) is 25.5 Å². The third-order valence-corrected chi connectivity index (χ3v) is 3.37. The van der Waals surface area contributed by atoms with Crippen LogP contribution in [0.1, 0.15) is 38.3 Å². The highest BCUT2D eigenvalue weighted by atomic mass is 35.5. The van der Waals surface area contributed by atoms with Crippen LogP contribution in [0.25, 0.3) is 0 Å². The molecular weight excluding hydrogens is 290 g/mol. The lowest BCUT2D eigenvalue weighted by molar-refractivity contribution is -0.682. The van der Waals surface area contributed by atoms with E-state index in [0.29, 0.717) is 11.6 Å². The number of halogens is 1. The number of nitrogens with one attached hydrogen (secondary N) is 2. The number of hydrogen-bond donors (Lipinski definition) is 3. The van der Waals surface area contributed by atoms with Gasteiger partial charge in [-0.3, -0.25) is 10.1 Å². The number of carbonyl (C=O) groups is 2. The molecule has 0 aromatic heterocycles. The molecule has 0 unspecified atom stereocenters. The highest BCUT2D eigenvalue weighted by molar-refractivity contribution is 6.30. The molecule has 4 N–H and O–H groups in total. The van der Waals surface area contributed by atoms with E-state index in [0.717, 1.165) is 18.4 Å². The number of nitrogens with two attached hydrogens (primary N) is 1. The zero-order valence-electron chi connectivity index (χ0n) is 12.5. The average molecular weight is 313 g/mol. The Kier molecular flexibility index (Phi) is 7.79. The summed E-state index contributed by atoms with van der Waals surface area (Å²) in [5.41, 5.74) is 1.08. The van der Waals surface area contributed by atoms with Crippen LogP contribution in [-0.4, -0.2) is 25.0 Å². The van der Waals surface area contributed by atoms with Gasteiger partial charge in [-0.1, -0.05) is 37.1 Å². The van der Waals surface area contributed by atoms with Crippen LogP contribution in [0.4, 0.5) is 4.79 Å². The fraction of sp³-hybridized carbons (Fsp3) is 0.467. The smallest absolute Gasteiger partial charge is 0.321 e. The number of hydrogen-bond acceptors (Lipinski definition) is 2. The number of carbonyl (C=O) groups excluding carboxylic acids is 2. The zero-order valence-corrected chi connectivity index (χ0v) is 13.2. The van der Waals surface area contributed by atoms with Crippen LogP contribution >= 0.6 is 11.6 Å². The van der Waals surface area contributed by atoms with E-state index in [1.807, 2.05) is 43.4 Å². The van der Waals surface area contributed by atoms with Gasteiger partial charge in [0.05, 0.1) is 0 Å². The van der Waals surface area contributed by atoms with Gasteiger partial charge in [0.25, 0.3) is 5.91 Å². The largest absolute Gasteiger partial charge is 0.338 e. The summed E-state index contributed by atoms with van der Waals surface area (Å²) in [6.07, 6.45) is 1.90. The number of quaternary nitrogens is 1. The maximum absolute atomic E-state index is 11.7. The molecule has 0 radical (unpaired) electrons. The normalized spacial score (nSPS) is 11.8. The van der Waals surface area contributed by atoms with Crippen LogP contribution in [0.3, 0.4) is 0 Å². The maximum Gasteiger partial charge on any atom is 0.321 e. The number of amides is 3. The lowest BCUT2D eigenvalue weighted by Gasteiger charge is -2.11. The fourth-order valence-corrected chi connectivity index (χ4v) is 1.91. The van der Waals surface area contributed by atoms with Crippen molar-refractivity contribution in [1.29, 1.82) is 0 Å². The Labute approximate surface area is 130 Å². The van der Waals surface area contributed by atoms with Crippen LogP contribution in [0.2, 0.25) is 5.02 Å². The monoisotopic (exact) mass is 312 g/mol. The van der Waals surface area contributed by atoms with Crippen molar-refractivity contribution in [1.82, 2.24) is 10.6 Å². The summed E-state index contributed by atoms with van der Waals surface area (Å²) in [6, 6.07) is 7.19. The first kappa shape index (κ1) is 17.5. The van der Waals surface area contributed by atoms with E-state index in [1.165, 1.54) is 0 Å². The van der Waals surface area contributed by atoms with Gasteiger partial charge in [0.15, 0.2) is 6.54 Å². The number of urea groups is 1. The van der Waals surface area contributed by atoms with Gasteiger partial charge in [-0.25, -0.2) is 4.79 Å². The van der Waals surface area contributed by atoms with Crippen LogP contribution < -0.4 is 16.0 Å². The molecule has 1 aromatic rings. The molecule has 0 heterocycles. The standard InChI is InChI=1S/C15H22ClN3O2/c1-3-4-9-17-15(21)19-14(20)10-18-11(2)12-5-7-13(16)8-6-12/h5-8,11,18H,3-4,9-10H2,1-2H3,(H2,17,19,20,21)/p+1/t11-/m0/s1. The van der Waals surface area contributed by atoms with Gasteiger partial charge in [-0.2, -0.15) is 0 Å². The van der Waals surface area contributed by atoms with Crippen molar-refractivity contribution in [3.05, 3.63) is 34.9 Å². The molecule has 6 heteroatoms. The van der Waals surface area contributed by atoms with Crippen molar-refractivity contribution < 1.29 is 14.9 Å². The van der Waals surface area contributed by atoms with Crippen molar-refractivity contribution in [3.63, 3.8) is 0 Å². The lowest BCUT2D eigenvalue weighted by atomic mass is 10.1. The predicted molar refractivity (Wildman–Crippen MR) is 83.1 cm³/mol. The topological polar surface area (TPSA) is 74.8 Å². The Hall–Kier alpha value is -1.59. The quantitative estimate of drug-likeness (QED) is 0.669. The summed E-state index contributed by atoms with van der Waals surface area (Å²) in [5, 5.41) is 7.51. The molecule has 0 saturated carbocycles. The van der Waals surface area contributed by atoms with Gasteiger partial charge in [-0.15, -0.1) is 0 Å². The van der Waals surface area contributed by atoms with Crippen molar-refractivity contribution in [3.8, 4) is 0 Å². The average Bonchev–Trinajstić information content (AvgIpc) is 2.46. The summed E-state index contributed by atoms with van der Waals surface area (Å²) in [5.74, 6) is -0.301. The molecule has 21 heavy (non-hydrogen) atoms. The summed E-state index contributed by atoms with van der Waals surface area (Å²) < 4.78 is 0. The molecular formula is C15H23ClN3O2+. The third kappa shape index (κ3) is 7.11. The molecule has 0 aliphatic carbocycles. The molecule has 0 aliphatic rings. The molecule has 3 amide bonds. The molecule has 1 rings (SSSR count). The second kappa shape index (κ2) is 9.37. The van der Waals surface area contributed by atoms with Crippen LogP contribution in [-0.2, 0) is 4.79 Å². The molecule has 0 bridgehead atoms. The molecule has 0 aliphatic heterocycles. The zero-order chi connectivity index (χ0) is 15.7. The minimum Gasteiger partial charge on any atom is -0.338 e. The summed E-state index contributed by atoms with van der Waals surface area (Å²) in [6.45, 7) is 4.82. The summed E-state index contributed by atoms with van der Waals surface area (Å²) >= 11 is 5.83. The van der Waals surface area contributed by atoms with E-state index >= 15 is 0 Å². The van der Waals surface area contributed by atoms with Gasteiger partial charge in [0, 0.05) is 17.1 Å². The Morgan fingerprint density at radius 3 is 2.57 bits per heavy atom. The van der Waals surface area contributed by atoms with Crippen LogP contribution in [0.15, 0.2) is 24.3 Å². The van der Waals surface area contributed by atoms with Gasteiger partial charge in [0.2, 0.25) is 0 Å². The Balaban J connectivity index is 2.29. The van der Waals surface area contributed by atoms with E-state index in [2.05, 4.69) is 10.6 Å². The van der Waals surface area contributed by atoms with Crippen molar-refractivity contribution in [2.24, 2.45) is 0 Å². The Morgan fingerprint density at radius 2 is 1.95 bits per heavy atom. The summed E-state index contributed by atoms with van der Waals surface area (Å²) in [7, 11) is 0. The third-order valence-electron chi connectivity index (χ3n) is 3.12. The first-order valence-electron chi connectivity index (χ1n) is 7.19. The minimum absolute atomic E-state index is 0.121. The van der Waals surface area contributed by atoms with Crippen molar-refractivity contribution in [2.75, 3.05) is 13.1 Å². The first-order chi connectivity index (χ1) is 10.0. The van der Waals surface area contributed by atoms with E-state index in [4.69, 9.17) is 11.6 Å². The van der Waals surface area contributed by atoms with Crippen LogP contribution in [0, 0.1) is 0 Å². The number of benzene rings is 1. The molecule has 0 saturated heterocycles. The Morgan fingerprint density at radius 1 is 1.29 bits per heavy atom. The second-order valence-electron chi connectivity index (χ2n) is 4.94.